The van der Waals surface area contributed by atoms with Crippen LogP contribution in [0.3, 0.4) is 0 Å². The molecule has 4 heteroatoms. The van der Waals surface area contributed by atoms with E-state index in [1.165, 1.54) is 6.92 Å². The maximum atomic E-state index is 12.0. The van der Waals surface area contributed by atoms with Crippen molar-refractivity contribution in [1.29, 1.82) is 0 Å². The maximum absolute atomic E-state index is 12.0. The summed E-state index contributed by atoms with van der Waals surface area (Å²) >= 11 is 0. The molecule has 0 saturated carbocycles. The van der Waals surface area contributed by atoms with Crippen LogP contribution in [0.2, 0.25) is 0 Å². The topological polar surface area (TPSA) is 49.4 Å². The standard InChI is InChI=1S/C16H24N2O2/c1-5-13(3)18(14(4)19)11-16(20)17-10-15-9-7-6-8-12(15)2/h6-9,13H,5,10-11H2,1-4H3,(H,17,20). The Morgan fingerprint density at radius 1 is 1.30 bits per heavy atom. The van der Waals surface area contributed by atoms with Crippen LogP contribution < -0.4 is 5.32 Å². The molecule has 0 fully saturated rings. The number of carbonyl (C=O) groups is 2. The van der Waals surface area contributed by atoms with E-state index in [1.807, 2.05) is 45.0 Å². The molecule has 1 rings (SSSR count). The van der Waals surface area contributed by atoms with Gasteiger partial charge in [-0.25, -0.2) is 0 Å². The van der Waals surface area contributed by atoms with Crippen LogP contribution >= 0.6 is 0 Å². The van der Waals surface area contributed by atoms with Gasteiger partial charge < -0.3 is 10.2 Å². The fourth-order valence-electron chi connectivity index (χ4n) is 2.01. The second-order valence-corrected chi connectivity index (χ2v) is 5.11. The van der Waals surface area contributed by atoms with Crippen molar-refractivity contribution in [2.24, 2.45) is 0 Å². The van der Waals surface area contributed by atoms with Crippen molar-refractivity contribution in [3.63, 3.8) is 0 Å². The van der Waals surface area contributed by atoms with E-state index in [0.717, 1.165) is 17.5 Å². The highest BCUT2D eigenvalue weighted by molar-refractivity contribution is 5.83. The molecule has 1 N–H and O–H groups in total. The van der Waals surface area contributed by atoms with Gasteiger partial charge in [0, 0.05) is 19.5 Å². The van der Waals surface area contributed by atoms with Crippen LogP contribution in [0.25, 0.3) is 0 Å². The highest BCUT2D eigenvalue weighted by atomic mass is 16.2. The van der Waals surface area contributed by atoms with E-state index in [0.29, 0.717) is 6.54 Å². The molecule has 0 aliphatic carbocycles. The van der Waals surface area contributed by atoms with E-state index in [-0.39, 0.29) is 24.4 Å². The van der Waals surface area contributed by atoms with E-state index in [1.54, 1.807) is 4.90 Å². The van der Waals surface area contributed by atoms with Crippen LogP contribution in [0, 0.1) is 6.92 Å². The molecule has 1 aromatic rings. The average molecular weight is 276 g/mol. The average Bonchev–Trinajstić information content (AvgIpc) is 2.42. The molecule has 1 unspecified atom stereocenters. The molecule has 0 aromatic heterocycles. The Hall–Kier alpha value is -1.84. The number of aryl methyl sites for hydroxylation is 1. The maximum Gasteiger partial charge on any atom is 0.239 e. The number of hydrogen-bond donors (Lipinski definition) is 1. The Bertz CT molecular complexity index is 471. The number of rotatable bonds is 6. The first-order valence-electron chi connectivity index (χ1n) is 7.04. The summed E-state index contributed by atoms with van der Waals surface area (Å²) in [6.45, 7) is 8.10. The summed E-state index contributed by atoms with van der Waals surface area (Å²) in [5.41, 5.74) is 2.25. The van der Waals surface area contributed by atoms with E-state index >= 15 is 0 Å². The molecule has 0 aliphatic heterocycles. The van der Waals surface area contributed by atoms with Crippen LogP contribution in [0.15, 0.2) is 24.3 Å². The third kappa shape index (κ3) is 4.68. The lowest BCUT2D eigenvalue weighted by atomic mass is 10.1. The van der Waals surface area contributed by atoms with Gasteiger partial charge in [0.2, 0.25) is 11.8 Å². The van der Waals surface area contributed by atoms with E-state index in [4.69, 9.17) is 0 Å². The first kappa shape index (κ1) is 16.2. The van der Waals surface area contributed by atoms with Crippen molar-refractivity contribution in [3.05, 3.63) is 35.4 Å². The van der Waals surface area contributed by atoms with Crippen LogP contribution in [-0.2, 0) is 16.1 Å². The zero-order valence-corrected chi connectivity index (χ0v) is 12.8. The van der Waals surface area contributed by atoms with Gasteiger partial charge in [0.15, 0.2) is 0 Å². The molecule has 0 spiro atoms. The number of nitrogens with one attached hydrogen (secondary N) is 1. The summed E-state index contributed by atoms with van der Waals surface area (Å²) < 4.78 is 0. The smallest absolute Gasteiger partial charge is 0.239 e. The number of carbonyl (C=O) groups excluding carboxylic acids is 2. The third-order valence-electron chi connectivity index (χ3n) is 3.58. The Morgan fingerprint density at radius 2 is 1.95 bits per heavy atom. The lowest BCUT2D eigenvalue weighted by molar-refractivity contribution is -0.136. The molecule has 110 valence electrons. The molecular weight excluding hydrogens is 252 g/mol. The van der Waals surface area contributed by atoms with Gasteiger partial charge in [-0.15, -0.1) is 0 Å². The van der Waals surface area contributed by atoms with Gasteiger partial charge in [0.1, 0.15) is 0 Å². The molecule has 2 amide bonds. The Morgan fingerprint density at radius 3 is 2.50 bits per heavy atom. The second kappa shape index (κ2) is 7.68. The SMILES string of the molecule is CCC(C)N(CC(=O)NCc1ccccc1C)C(C)=O. The summed E-state index contributed by atoms with van der Waals surface area (Å²) in [5, 5.41) is 2.87. The molecule has 0 aliphatic rings. The van der Waals surface area contributed by atoms with E-state index in [9.17, 15) is 9.59 Å². The Kier molecular flexibility index (Phi) is 6.22. The molecule has 0 saturated heterocycles. The highest BCUT2D eigenvalue weighted by Gasteiger charge is 2.18. The lowest BCUT2D eigenvalue weighted by Gasteiger charge is -2.26. The van der Waals surface area contributed by atoms with Crippen molar-refractivity contribution < 1.29 is 9.59 Å². The lowest BCUT2D eigenvalue weighted by Crippen LogP contribution is -2.44. The molecule has 1 aromatic carbocycles. The quantitative estimate of drug-likeness (QED) is 0.866. The van der Waals surface area contributed by atoms with Gasteiger partial charge in [0.05, 0.1) is 6.54 Å². The predicted molar refractivity (Wildman–Crippen MR) is 80.2 cm³/mol. The van der Waals surface area contributed by atoms with E-state index in [2.05, 4.69) is 5.32 Å². The van der Waals surface area contributed by atoms with E-state index < -0.39 is 0 Å². The van der Waals surface area contributed by atoms with Crippen LogP contribution in [0.4, 0.5) is 0 Å². The van der Waals surface area contributed by atoms with Crippen molar-refractivity contribution in [1.82, 2.24) is 10.2 Å². The minimum Gasteiger partial charge on any atom is -0.350 e. The van der Waals surface area contributed by atoms with Crippen LogP contribution in [-0.4, -0.2) is 29.3 Å². The number of amides is 2. The Balaban J connectivity index is 2.55. The van der Waals surface area contributed by atoms with Crippen molar-refractivity contribution >= 4 is 11.8 Å². The number of benzene rings is 1. The van der Waals surface area contributed by atoms with Gasteiger partial charge in [-0.3, -0.25) is 9.59 Å². The fraction of sp³-hybridized carbons (Fsp3) is 0.500. The summed E-state index contributed by atoms with van der Waals surface area (Å²) in [6.07, 6.45) is 0.838. The Labute approximate surface area is 121 Å². The molecular formula is C16H24N2O2. The minimum absolute atomic E-state index is 0.0645. The summed E-state index contributed by atoms with van der Waals surface area (Å²) in [6, 6.07) is 8.02. The van der Waals surface area contributed by atoms with Crippen molar-refractivity contribution in [2.75, 3.05) is 6.54 Å². The van der Waals surface area contributed by atoms with Crippen LogP contribution in [0.1, 0.15) is 38.3 Å². The molecule has 0 bridgehead atoms. The minimum atomic E-state index is -0.122. The molecule has 0 radical (unpaired) electrons. The number of nitrogens with zero attached hydrogens (tertiary/aromatic N) is 1. The second-order valence-electron chi connectivity index (χ2n) is 5.11. The van der Waals surface area contributed by atoms with Gasteiger partial charge in [-0.2, -0.15) is 0 Å². The fourth-order valence-corrected chi connectivity index (χ4v) is 2.01. The molecule has 4 nitrogen and oxygen atoms in total. The summed E-state index contributed by atoms with van der Waals surface area (Å²) in [5.74, 6) is -0.186. The third-order valence-corrected chi connectivity index (χ3v) is 3.58. The number of hydrogen-bond acceptors (Lipinski definition) is 2. The molecule has 1 atom stereocenters. The van der Waals surface area contributed by atoms with Gasteiger partial charge in [-0.05, 0) is 31.4 Å². The monoisotopic (exact) mass is 276 g/mol. The van der Waals surface area contributed by atoms with Gasteiger partial charge in [-0.1, -0.05) is 31.2 Å². The first-order valence-corrected chi connectivity index (χ1v) is 7.04. The van der Waals surface area contributed by atoms with Gasteiger partial charge in [0.25, 0.3) is 0 Å². The summed E-state index contributed by atoms with van der Waals surface area (Å²) in [4.78, 5) is 25.1. The predicted octanol–water partition coefficient (Wildman–Crippen LogP) is 2.26. The van der Waals surface area contributed by atoms with Crippen molar-refractivity contribution in [2.45, 2.75) is 46.7 Å². The normalized spacial score (nSPS) is 11.8. The molecule has 20 heavy (non-hydrogen) atoms. The zero-order chi connectivity index (χ0) is 15.1. The van der Waals surface area contributed by atoms with Gasteiger partial charge >= 0.3 is 0 Å². The first-order chi connectivity index (χ1) is 9.45. The highest BCUT2D eigenvalue weighted by Crippen LogP contribution is 2.07. The van der Waals surface area contributed by atoms with Crippen LogP contribution in [0.5, 0.6) is 0 Å². The summed E-state index contributed by atoms with van der Waals surface area (Å²) in [7, 11) is 0. The zero-order valence-electron chi connectivity index (χ0n) is 12.8. The largest absolute Gasteiger partial charge is 0.350 e. The van der Waals surface area contributed by atoms with Crippen molar-refractivity contribution in [3.8, 4) is 0 Å². The molecule has 0 heterocycles.